The van der Waals surface area contributed by atoms with E-state index in [1.807, 2.05) is 6.07 Å². The van der Waals surface area contributed by atoms with Gasteiger partial charge in [-0.25, -0.2) is 0 Å². The number of carbonyl (C=O) groups excluding carboxylic acids is 1. The molecule has 0 aromatic heterocycles. The highest BCUT2D eigenvalue weighted by atomic mass is 16.4. The molecule has 0 radical (unpaired) electrons. The predicted molar refractivity (Wildman–Crippen MR) is 88.9 cm³/mol. The lowest BCUT2D eigenvalue weighted by Crippen LogP contribution is -2.44. The number of benzene rings is 1. The van der Waals surface area contributed by atoms with E-state index in [2.05, 4.69) is 34.5 Å². The Kier molecular flexibility index (Phi) is 6.59. The van der Waals surface area contributed by atoms with Gasteiger partial charge in [0.05, 0.1) is 0 Å². The van der Waals surface area contributed by atoms with Crippen molar-refractivity contribution >= 4 is 11.9 Å². The molecule has 1 heterocycles. The molecular formula is C18H26N2O3. The molecule has 2 rings (SSSR count). The van der Waals surface area contributed by atoms with Crippen molar-refractivity contribution in [1.29, 1.82) is 0 Å². The highest BCUT2D eigenvalue weighted by Gasteiger charge is 2.21. The Bertz CT molecular complexity index is 510. The Morgan fingerprint density at radius 1 is 1.22 bits per heavy atom. The predicted octanol–water partition coefficient (Wildman–Crippen LogP) is 2.27. The van der Waals surface area contributed by atoms with Gasteiger partial charge in [-0.2, -0.15) is 0 Å². The van der Waals surface area contributed by atoms with Crippen molar-refractivity contribution in [3.05, 3.63) is 35.9 Å². The number of rotatable bonds is 7. The van der Waals surface area contributed by atoms with Gasteiger partial charge in [0.25, 0.3) is 0 Å². The van der Waals surface area contributed by atoms with Gasteiger partial charge in [0, 0.05) is 38.5 Å². The number of hydrogen-bond acceptors (Lipinski definition) is 3. The Balaban J connectivity index is 1.68. The van der Waals surface area contributed by atoms with Crippen LogP contribution in [0.3, 0.4) is 0 Å². The van der Waals surface area contributed by atoms with E-state index in [-0.39, 0.29) is 30.7 Å². The number of nitrogens with one attached hydrogen (secondary N) is 1. The molecule has 1 atom stereocenters. The molecule has 1 aliphatic heterocycles. The van der Waals surface area contributed by atoms with Crippen molar-refractivity contribution in [3.8, 4) is 0 Å². The van der Waals surface area contributed by atoms with E-state index in [1.165, 1.54) is 5.56 Å². The lowest BCUT2D eigenvalue weighted by molar-refractivity contribution is -0.138. The molecule has 1 aromatic rings. The number of aliphatic carboxylic acids is 1. The normalized spacial score (nSPS) is 17.6. The summed E-state index contributed by atoms with van der Waals surface area (Å²) in [5, 5.41) is 11.8. The molecule has 126 valence electrons. The van der Waals surface area contributed by atoms with E-state index in [1.54, 1.807) is 6.92 Å². The minimum Gasteiger partial charge on any atom is -0.481 e. The fraction of sp³-hybridized carbons (Fsp3) is 0.556. The van der Waals surface area contributed by atoms with Gasteiger partial charge in [-0.05, 0) is 24.3 Å². The van der Waals surface area contributed by atoms with Crippen LogP contribution in [0.25, 0.3) is 0 Å². The molecule has 0 aliphatic carbocycles. The lowest BCUT2D eigenvalue weighted by Gasteiger charge is -2.32. The third kappa shape index (κ3) is 6.40. The molecule has 1 aromatic carbocycles. The highest BCUT2D eigenvalue weighted by Crippen LogP contribution is 2.15. The summed E-state index contributed by atoms with van der Waals surface area (Å²) in [5.41, 5.74) is 1.32. The first-order valence-electron chi connectivity index (χ1n) is 8.30. The Hall–Kier alpha value is -1.88. The second-order valence-corrected chi connectivity index (χ2v) is 6.51. The number of hydrogen-bond donors (Lipinski definition) is 2. The molecule has 0 spiro atoms. The second kappa shape index (κ2) is 8.67. The smallest absolute Gasteiger partial charge is 0.303 e. The number of piperidine rings is 1. The van der Waals surface area contributed by atoms with Crippen LogP contribution in [0.4, 0.5) is 0 Å². The molecule has 5 heteroatoms. The van der Waals surface area contributed by atoms with E-state index in [0.717, 1.165) is 32.5 Å². The number of carboxylic acid groups (broad SMARTS) is 1. The quantitative estimate of drug-likeness (QED) is 0.809. The topological polar surface area (TPSA) is 69.6 Å². The molecule has 23 heavy (non-hydrogen) atoms. The molecule has 0 saturated carbocycles. The summed E-state index contributed by atoms with van der Waals surface area (Å²) in [4.78, 5) is 25.0. The first kappa shape index (κ1) is 17.5. The Morgan fingerprint density at radius 3 is 2.48 bits per heavy atom. The number of carboxylic acids is 1. The number of carbonyl (C=O) groups is 2. The second-order valence-electron chi connectivity index (χ2n) is 6.51. The van der Waals surface area contributed by atoms with Crippen LogP contribution in [0.2, 0.25) is 0 Å². The highest BCUT2D eigenvalue weighted by molar-refractivity contribution is 5.77. The van der Waals surface area contributed by atoms with Gasteiger partial charge in [0.1, 0.15) is 0 Å². The van der Waals surface area contributed by atoms with Crippen molar-refractivity contribution in [2.75, 3.05) is 13.1 Å². The summed E-state index contributed by atoms with van der Waals surface area (Å²) in [5.74, 6) is -0.995. The third-order valence-electron chi connectivity index (χ3n) is 4.26. The van der Waals surface area contributed by atoms with Crippen LogP contribution >= 0.6 is 0 Å². The van der Waals surface area contributed by atoms with Crippen molar-refractivity contribution in [2.24, 2.45) is 5.92 Å². The van der Waals surface area contributed by atoms with E-state index in [0.29, 0.717) is 0 Å². The lowest BCUT2D eigenvalue weighted by atomic mass is 10.0. The minimum atomic E-state index is -0.848. The summed E-state index contributed by atoms with van der Waals surface area (Å²) < 4.78 is 0. The molecule has 1 fully saturated rings. The van der Waals surface area contributed by atoms with E-state index >= 15 is 0 Å². The van der Waals surface area contributed by atoms with Crippen molar-refractivity contribution in [1.82, 2.24) is 10.2 Å². The van der Waals surface area contributed by atoms with E-state index in [4.69, 9.17) is 5.11 Å². The van der Waals surface area contributed by atoms with Crippen LogP contribution in [0.15, 0.2) is 30.3 Å². The van der Waals surface area contributed by atoms with E-state index in [9.17, 15) is 9.59 Å². The van der Waals surface area contributed by atoms with Crippen LogP contribution in [0.5, 0.6) is 0 Å². The van der Waals surface area contributed by atoms with Gasteiger partial charge in [0.15, 0.2) is 0 Å². The summed E-state index contributed by atoms with van der Waals surface area (Å²) in [7, 11) is 0. The van der Waals surface area contributed by atoms with Gasteiger partial charge >= 0.3 is 5.97 Å². The summed E-state index contributed by atoms with van der Waals surface area (Å²) in [6, 6.07) is 10.6. The number of likely N-dealkylation sites (tertiary alicyclic amines) is 1. The molecule has 2 N–H and O–H groups in total. The van der Waals surface area contributed by atoms with Crippen molar-refractivity contribution in [2.45, 2.75) is 45.2 Å². The number of nitrogens with zero attached hydrogens (tertiary/aromatic N) is 1. The maximum Gasteiger partial charge on any atom is 0.303 e. The largest absolute Gasteiger partial charge is 0.481 e. The minimum absolute atomic E-state index is 0.0275. The monoisotopic (exact) mass is 318 g/mol. The van der Waals surface area contributed by atoms with Gasteiger partial charge in [-0.3, -0.25) is 14.5 Å². The van der Waals surface area contributed by atoms with Crippen LogP contribution in [0, 0.1) is 5.92 Å². The molecule has 1 saturated heterocycles. The molecule has 5 nitrogen and oxygen atoms in total. The van der Waals surface area contributed by atoms with Crippen LogP contribution in [-0.4, -0.2) is 41.0 Å². The first-order valence-corrected chi connectivity index (χ1v) is 8.30. The van der Waals surface area contributed by atoms with Gasteiger partial charge < -0.3 is 10.4 Å². The molecule has 0 bridgehead atoms. The van der Waals surface area contributed by atoms with Crippen molar-refractivity contribution in [3.63, 3.8) is 0 Å². The number of amides is 1. The molecule has 0 unspecified atom stereocenters. The standard InChI is InChI=1S/C18H26N2O3/c1-14(12-18(22)23)11-17(21)19-16-7-9-20(10-8-16)13-15-5-3-2-4-6-15/h2-6,14,16H,7-13H2,1H3,(H,19,21)(H,22,23)/t14-/m0/s1. The average molecular weight is 318 g/mol. The van der Waals surface area contributed by atoms with Crippen molar-refractivity contribution < 1.29 is 14.7 Å². The van der Waals surface area contributed by atoms with Gasteiger partial charge in [0.2, 0.25) is 5.91 Å². The fourth-order valence-corrected chi connectivity index (χ4v) is 3.05. The average Bonchev–Trinajstić information content (AvgIpc) is 2.49. The zero-order valence-corrected chi connectivity index (χ0v) is 13.7. The molecular weight excluding hydrogens is 292 g/mol. The van der Waals surface area contributed by atoms with Crippen LogP contribution < -0.4 is 5.32 Å². The summed E-state index contributed by atoms with van der Waals surface area (Å²) >= 11 is 0. The zero-order valence-electron chi connectivity index (χ0n) is 13.7. The third-order valence-corrected chi connectivity index (χ3v) is 4.26. The van der Waals surface area contributed by atoms with Crippen LogP contribution in [-0.2, 0) is 16.1 Å². The SMILES string of the molecule is C[C@H](CC(=O)O)CC(=O)NC1CCN(Cc2ccccc2)CC1. The summed E-state index contributed by atoms with van der Waals surface area (Å²) in [6.45, 7) is 4.71. The van der Waals surface area contributed by atoms with Crippen LogP contribution in [0.1, 0.15) is 38.2 Å². The summed E-state index contributed by atoms with van der Waals surface area (Å²) in [6.07, 6.45) is 2.23. The van der Waals surface area contributed by atoms with E-state index < -0.39 is 5.97 Å². The Labute approximate surface area is 137 Å². The first-order chi connectivity index (χ1) is 11.0. The molecule has 1 aliphatic rings. The molecule has 1 amide bonds. The fourth-order valence-electron chi connectivity index (χ4n) is 3.05. The van der Waals surface area contributed by atoms with Gasteiger partial charge in [-0.1, -0.05) is 37.3 Å². The maximum atomic E-state index is 12.0. The van der Waals surface area contributed by atoms with Gasteiger partial charge in [-0.15, -0.1) is 0 Å². The maximum absolute atomic E-state index is 12.0. The zero-order chi connectivity index (χ0) is 16.7. The Morgan fingerprint density at radius 2 is 1.87 bits per heavy atom.